The van der Waals surface area contributed by atoms with Gasteiger partial charge in [0.1, 0.15) is 5.52 Å². The van der Waals surface area contributed by atoms with E-state index < -0.39 is 0 Å². The fourth-order valence-electron chi connectivity index (χ4n) is 4.82. The highest BCUT2D eigenvalue weighted by Gasteiger charge is 2.24. The molecular formula is C24H23N7O. The summed E-state index contributed by atoms with van der Waals surface area (Å²) in [7, 11) is 3.70. The molecule has 32 heavy (non-hydrogen) atoms. The summed E-state index contributed by atoms with van der Waals surface area (Å²) in [5.41, 5.74) is 6.84. The van der Waals surface area contributed by atoms with E-state index in [1.165, 1.54) is 0 Å². The van der Waals surface area contributed by atoms with Crippen LogP contribution < -0.4 is 5.69 Å². The van der Waals surface area contributed by atoms with Crippen molar-refractivity contribution in [1.29, 1.82) is 0 Å². The van der Waals surface area contributed by atoms with Crippen LogP contribution in [0.5, 0.6) is 0 Å². The smallest absolute Gasteiger partial charge is 0.293 e. The Hall–Kier alpha value is -3.81. The van der Waals surface area contributed by atoms with E-state index >= 15 is 0 Å². The van der Waals surface area contributed by atoms with Gasteiger partial charge in [-0.05, 0) is 37.1 Å². The lowest BCUT2D eigenvalue weighted by Gasteiger charge is -2.12. The Bertz CT molecular complexity index is 1520. The lowest BCUT2D eigenvalue weighted by Crippen LogP contribution is -2.24. The number of imidazole rings is 1. The van der Waals surface area contributed by atoms with Gasteiger partial charge in [0.25, 0.3) is 0 Å². The molecule has 160 valence electrons. The second-order valence-electron chi connectivity index (χ2n) is 8.54. The average molecular weight is 425 g/mol. The van der Waals surface area contributed by atoms with Crippen molar-refractivity contribution in [2.75, 3.05) is 0 Å². The predicted molar refractivity (Wildman–Crippen MR) is 123 cm³/mol. The molecule has 5 aromatic heterocycles. The Morgan fingerprint density at radius 1 is 0.906 bits per heavy atom. The first-order valence-corrected chi connectivity index (χ1v) is 10.9. The van der Waals surface area contributed by atoms with Gasteiger partial charge in [-0.3, -0.25) is 23.8 Å². The van der Waals surface area contributed by atoms with Gasteiger partial charge in [-0.25, -0.2) is 9.78 Å². The first-order chi connectivity index (χ1) is 15.6. The normalized spacial score (nSPS) is 14.7. The molecule has 0 unspecified atom stereocenters. The number of hydrogen-bond acceptors (Lipinski definition) is 5. The van der Waals surface area contributed by atoms with Crippen molar-refractivity contribution >= 4 is 22.1 Å². The van der Waals surface area contributed by atoms with E-state index in [4.69, 9.17) is 4.98 Å². The fraction of sp³-hybridized carbons (Fsp3) is 0.292. The Labute approximate surface area is 184 Å². The minimum Gasteiger partial charge on any atom is -0.293 e. The van der Waals surface area contributed by atoms with Crippen molar-refractivity contribution in [3.05, 3.63) is 59.5 Å². The lowest BCUT2D eigenvalue weighted by molar-refractivity contribution is 0.510. The van der Waals surface area contributed by atoms with Crippen molar-refractivity contribution in [3.63, 3.8) is 0 Å². The van der Waals surface area contributed by atoms with Crippen LogP contribution in [0.2, 0.25) is 0 Å². The monoisotopic (exact) mass is 425 g/mol. The molecule has 5 aromatic rings. The molecule has 8 heteroatoms. The third-order valence-electron chi connectivity index (χ3n) is 6.51. The highest BCUT2D eigenvalue weighted by molar-refractivity contribution is 6.00. The third-order valence-corrected chi connectivity index (χ3v) is 6.51. The number of aryl methyl sites for hydroxylation is 2. The molecule has 0 aromatic carbocycles. The van der Waals surface area contributed by atoms with Crippen molar-refractivity contribution in [3.8, 4) is 22.5 Å². The van der Waals surface area contributed by atoms with E-state index in [0.29, 0.717) is 0 Å². The van der Waals surface area contributed by atoms with E-state index in [-0.39, 0.29) is 11.7 Å². The lowest BCUT2D eigenvalue weighted by atomic mass is 10.1. The maximum Gasteiger partial charge on any atom is 0.329 e. The Kier molecular flexibility index (Phi) is 4.21. The third kappa shape index (κ3) is 2.86. The highest BCUT2D eigenvalue weighted by Crippen LogP contribution is 2.33. The van der Waals surface area contributed by atoms with Gasteiger partial charge in [0.2, 0.25) is 0 Å². The summed E-state index contributed by atoms with van der Waals surface area (Å²) in [5, 5.41) is 4.21. The van der Waals surface area contributed by atoms with Gasteiger partial charge >= 0.3 is 5.69 Å². The van der Waals surface area contributed by atoms with Crippen LogP contribution in [0.25, 0.3) is 44.6 Å². The zero-order valence-corrected chi connectivity index (χ0v) is 18.1. The second-order valence-corrected chi connectivity index (χ2v) is 8.54. The van der Waals surface area contributed by atoms with E-state index in [2.05, 4.69) is 15.1 Å². The van der Waals surface area contributed by atoms with E-state index in [9.17, 15) is 4.79 Å². The number of pyridine rings is 3. The van der Waals surface area contributed by atoms with Crippen LogP contribution in [-0.2, 0) is 14.1 Å². The summed E-state index contributed by atoms with van der Waals surface area (Å²) in [4.78, 5) is 27.3. The molecule has 0 spiro atoms. The van der Waals surface area contributed by atoms with Crippen LogP contribution in [0.15, 0.2) is 53.8 Å². The van der Waals surface area contributed by atoms with Gasteiger partial charge in [-0.2, -0.15) is 5.10 Å². The number of nitrogens with zero attached hydrogens (tertiary/aromatic N) is 7. The minimum absolute atomic E-state index is 0.0101. The minimum atomic E-state index is 0.0101. The maximum absolute atomic E-state index is 13.1. The molecule has 5 heterocycles. The van der Waals surface area contributed by atoms with E-state index in [1.54, 1.807) is 21.6 Å². The topological polar surface area (TPSA) is 83.4 Å². The largest absolute Gasteiger partial charge is 0.329 e. The maximum atomic E-state index is 13.1. The average Bonchev–Trinajstić information content (AvgIpc) is 3.55. The SMILES string of the molecule is Cn1cc(-c2ccc(-c3ccc4ncc5c(c4n3)n(C3CCCC3)c(=O)n5C)cn2)cn1. The van der Waals surface area contributed by atoms with E-state index in [1.807, 2.05) is 55.3 Å². The summed E-state index contributed by atoms with van der Waals surface area (Å²) in [6.45, 7) is 0. The summed E-state index contributed by atoms with van der Waals surface area (Å²) in [6, 6.07) is 8.16. The molecule has 0 N–H and O–H groups in total. The second kappa shape index (κ2) is 7.12. The molecule has 0 aliphatic heterocycles. The number of rotatable bonds is 3. The summed E-state index contributed by atoms with van der Waals surface area (Å²) >= 11 is 0. The predicted octanol–water partition coefficient (Wildman–Crippen LogP) is 3.86. The zero-order chi connectivity index (χ0) is 21.8. The van der Waals surface area contributed by atoms with Crippen molar-refractivity contribution in [2.45, 2.75) is 31.7 Å². The van der Waals surface area contributed by atoms with Gasteiger partial charge in [-0.15, -0.1) is 0 Å². The molecule has 6 rings (SSSR count). The van der Waals surface area contributed by atoms with Crippen molar-refractivity contribution in [1.82, 2.24) is 33.9 Å². The Balaban J connectivity index is 1.51. The summed E-state index contributed by atoms with van der Waals surface area (Å²) in [5.74, 6) is 0. The van der Waals surface area contributed by atoms with Crippen LogP contribution in [0.3, 0.4) is 0 Å². The van der Waals surface area contributed by atoms with E-state index in [0.717, 1.165) is 70.3 Å². The molecule has 0 amide bonds. The van der Waals surface area contributed by atoms with Crippen molar-refractivity contribution in [2.24, 2.45) is 14.1 Å². The summed E-state index contributed by atoms with van der Waals surface area (Å²) in [6.07, 6.45) is 11.7. The standard InChI is InChI=1S/C24H23N7O/c1-29-14-16(12-27-29)18-8-7-15(11-25-18)19-9-10-20-22(28-19)23-21(13-26-20)30(2)24(32)31(23)17-5-3-4-6-17/h7-14,17H,3-6H2,1-2H3. The van der Waals surface area contributed by atoms with Crippen molar-refractivity contribution < 1.29 is 0 Å². The molecule has 1 saturated carbocycles. The van der Waals surface area contributed by atoms with Crippen LogP contribution in [0.1, 0.15) is 31.7 Å². The van der Waals surface area contributed by atoms with Gasteiger partial charge in [0.15, 0.2) is 0 Å². The summed E-state index contributed by atoms with van der Waals surface area (Å²) < 4.78 is 5.41. The molecule has 1 fully saturated rings. The fourth-order valence-corrected chi connectivity index (χ4v) is 4.82. The van der Waals surface area contributed by atoms with Gasteiger partial charge in [0, 0.05) is 43.7 Å². The quantitative estimate of drug-likeness (QED) is 0.438. The molecule has 1 aliphatic carbocycles. The molecule has 8 nitrogen and oxygen atoms in total. The number of hydrogen-bond donors (Lipinski definition) is 0. The first-order valence-electron chi connectivity index (χ1n) is 10.9. The Morgan fingerprint density at radius 3 is 2.44 bits per heavy atom. The number of fused-ring (bicyclic) bond motifs is 3. The molecule has 0 atom stereocenters. The number of aromatic nitrogens is 7. The van der Waals surface area contributed by atoms with Gasteiger partial charge in [-0.1, -0.05) is 12.8 Å². The van der Waals surface area contributed by atoms with Gasteiger partial charge in [0.05, 0.1) is 40.3 Å². The first kappa shape index (κ1) is 18.9. The van der Waals surface area contributed by atoms with Crippen LogP contribution in [-0.4, -0.2) is 33.9 Å². The molecule has 0 bridgehead atoms. The van der Waals surface area contributed by atoms with Crippen LogP contribution >= 0.6 is 0 Å². The molecule has 0 radical (unpaired) electrons. The zero-order valence-electron chi connectivity index (χ0n) is 18.1. The molecule has 1 aliphatic rings. The molecular weight excluding hydrogens is 402 g/mol. The van der Waals surface area contributed by atoms with Crippen LogP contribution in [0, 0.1) is 0 Å². The van der Waals surface area contributed by atoms with Crippen LogP contribution in [0.4, 0.5) is 0 Å². The Morgan fingerprint density at radius 2 is 1.72 bits per heavy atom. The van der Waals surface area contributed by atoms with Gasteiger partial charge < -0.3 is 0 Å². The molecule has 0 saturated heterocycles. The highest BCUT2D eigenvalue weighted by atomic mass is 16.1.